The van der Waals surface area contributed by atoms with Crippen LogP contribution >= 0.6 is 23.5 Å². The van der Waals surface area contributed by atoms with E-state index in [9.17, 15) is 30.6 Å². The van der Waals surface area contributed by atoms with Crippen molar-refractivity contribution in [1.82, 2.24) is 14.8 Å². The average molecular weight is 497 g/mol. The number of fused-ring (bicyclic) bond motifs is 1. The Labute approximate surface area is 175 Å². The minimum atomic E-state index is -4.95. The lowest BCUT2D eigenvalue weighted by Gasteiger charge is -2.11. The maximum Gasteiger partial charge on any atom is 0.507 e. The van der Waals surface area contributed by atoms with E-state index in [2.05, 4.69) is 19.1 Å². The zero-order valence-electron chi connectivity index (χ0n) is 14.1. The molecule has 0 bridgehead atoms. The van der Waals surface area contributed by atoms with E-state index in [0.717, 1.165) is 0 Å². The maximum atomic E-state index is 12.9. The van der Waals surface area contributed by atoms with Gasteiger partial charge in [0.2, 0.25) is 0 Å². The highest BCUT2D eigenvalue weighted by Gasteiger charge is 2.37. The number of ether oxygens (including phenoxy) is 1. The Morgan fingerprint density at radius 1 is 1.23 bits per heavy atom. The Morgan fingerprint density at radius 3 is 2.53 bits per heavy atom. The summed E-state index contributed by atoms with van der Waals surface area (Å²) >= 11 is 11.0. The molecule has 30 heavy (non-hydrogen) atoms. The molecule has 1 atom stereocenters. The molecule has 16 heteroatoms. The molecule has 3 rings (SSSR count). The first-order chi connectivity index (χ1) is 13.9. The SMILES string of the molecule is O=S(Nc1cnn(C(F)(F)F)c1OCl)c1c[nH]c2c(OCC(F)(F)F)c(Cl)ccc12. The highest BCUT2D eigenvalue weighted by molar-refractivity contribution is 7.86. The van der Waals surface area contributed by atoms with Crippen molar-refractivity contribution in [2.24, 2.45) is 0 Å². The molecule has 0 spiro atoms. The van der Waals surface area contributed by atoms with Crippen LogP contribution in [-0.2, 0) is 17.3 Å². The van der Waals surface area contributed by atoms with Gasteiger partial charge in [0, 0.05) is 11.6 Å². The minimum absolute atomic E-state index is 0.0108. The van der Waals surface area contributed by atoms with Crippen LogP contribution in [0.1, 0.15) is 0 Å². The average Bonchev–Trinajstić information content (AvgIpc) is 3.23. The summed E-state index contributed by atoms with van der Waals surface area (Å²) in [5.41, 5.74) is -0.436. The fraction of sp³-hybridized carbons (Fsp3) is 0.214. The van der Waals surface area contributed by atoms with Crippen LogP contribution in [0.2, 0.25) is 5.02 Å². The number of hydrogen-bond acceptors (Lipinski definition) is 4. The number of H-pyrrole nitrogens is 1. The molecule has 0 amide bonds. The fourth-order valence-electron chi connectivity index (χ4n) is 2.39. The minimum Gasteiger partial charge on any atom is -0.480 e. The number of alkyl halides is 6. The van der Waals surface area contributed by atoms with E-state index >= 15 is 0 Å². The Bertz CT molecular complexity index is 1100. The van der Waals surface area contributed by atoms with Crippen molar-refractivity contribution >= 4 is 51.0 Å². The molecule has 0 saturated heterocycles. The normalized spacial score (nSPS) is 13.5. The second-order valence-corrected chi connectivity index (χ2v) is 7.29. The van der Waals surface area contributed by atoms with Gasteiger partial charge in [-0.25, -0.2) is 4.21 Å². The van der Waals surface area contributed by atoms with E-state index in [1.54, 1.807) is 0 Å². The summed E-state index contributed by atoms with van der Waals surface area (Å²) in [6.45, 7) is -1.62. The molecule has 0 fully saturated rings. The van der Waals surface area contributed by atoms with Gasteiger partial charge in [0.15, 0.2) is 23.3 Å². The van der Waals surface area contributed by atoms with Gasteiger partial charge < -0.3 is 14.0 Å². The molecule has 2 heterocycles. The Kier molecular flexibility index (Phi) is 6.02. The number of aromatic nitrogens is 3. The van der Waals surface area contributed by atoms with Crippen molar-refractivity contribution in [3.8, 4) is 11.6 Å². The molecule has 7 nitrogen and oxygen atoms in total. The van der Waals surface area contributed by atoms with Gasteiger partial charge in [-0.1, -0.05) is 11.6 Å². The number of anilines is 1. The van der Waals surface area contributed by atoms with Crippen molar-refractivity contribution in [3.05, 3.63) is 29.5 Å². The summed E-state index contributed by atoms with van der Waals surface area (Å²) in [5.74, 6) is -1.29. The van der Waals surface area contributed by atoms with E-state index in [4.69, 9.17) is 28.2 Å². The van der Waals surface area contributed by atoms with Crippen LogP contribution in [0.3, 0.4) is 0 Å². The first kappa shape index (κ1) is 22.4. The first-order valence-corrected chi connectivity index (χ1v) is 9.37. The Hall–Kier alpha value is -2.32. The summed E-state index contributed by atoms with van der Waals surface area (Å²) in [4.78, 5) is 2.58. The molecule has 1 unspecified atom stereocenters. The van der Waals surface area contributed by atoms with E-state index in [-0.39, 0.29) is 26.6 Å². The van der Waals surface area contributed by atoms with Crippen LogP contribution < -0.4 is 13.7 Å². The van der Waals surface area contributed by atoms with E-state index < -0.39 is 46.3 Å². The number of nitrogens with zero attached hydrogens (tertiary/aromatic N) is 2. The molecular weight excluding hydrogens is 489 g/mol. The van der Waals surface area contributed by atoms with Gasteiger partial charge in [-0.3, -0.25) is 4.72 Å². The van der Waals surface area contributed by atoms with Gasteiger partial charge >= 0.3 is 12.5 Å². The lowest BCUT2D eigenvalue weighted by Crippen LogP contribution is -2.19. The van der Waals surface area contributed by atoms with Gasteiger partial charge in [-0.05, 0) is 12.1 Å². The molecule has 0 aliphatic carbocycles. The van der Waals surface area contributed by atoms with Gasteiger partial charge in [-0.15, -0.1) is 17.9 Å². The number of halogens is 8. The van der Waals surface area contributed by atoms with E-state index in [0.29, 0.717) is 6.20 Å². The van der Waals surface area contributed by atoms with Crippen molar-refractivity contribution in [3.63, 3.8) is 0 Å². The number of aromatic amines is 1. The number of benzene rings is 1. The molecular formula is C14H8Cl2F6N4O3S. The quantitative estimate of drug-likeness (QED) is 0.465. The summed E-state index contributed by atoms with van der Waals surface area (Å²) in [5, 5.41) is 3.08. The zero-order valence-corrected chi connectivity index (χ0v) is 16.4. The molecule has 0 aliphatic rings. The third kappa shape index (κ3) is 4.54. The molecule has 2 N–H and O–H groups in total. The van der Waals surface area contributed by atoms with Crippen molar-refractivity contribution in [2.75, 3.05) is 11.3 Å². The van der Waals surface area contributed by atoms with Crippen molar-refractivity contribution in [1.29, 1.82) is 0 Å². The van der Waals surface area contributed by atoms with Gasteiger partial charge in [-0.2, -0.15) is 18.3 Å². The van der Waals surface area contributed by atoms with Gasteiger partial charge in [0.05, 0.1) is 21.6 Å². The molecule has 0 saturated carbocycles. The summed E-state index contributed by atoms with van der Waals surface area (Å²) < 4.78 is 99.2. The highest BCUT2D eigenvalue weighted by atomic mass is 35.5. The smallest absolute Gasteiger partial charge is 0.480 e. The number of rotatable bonds is 6. The predicted molar refractivity (Wildman–Crippen MR) is 94.9 cm³/mol. The van der Waals surface area contributed by atoms with E-state index in [1.165, 1.54) is 18.3 Å². The monoisotopic (exact) mass is 496 g/mol. The highest BCUT2D eigenvalue weighted by Crippen LogP contribution is 2.38. The van der Waals surface area contributed by atoms with Crippen molar-refractivity contribution < 1.29 is 39.6 Å². The molecule has 3 aromatic rings. The van der Waals surface area contributed by atoms with Crippen LogP contribution in [0.15, 0.2) is 29.4 Å². The second-order valence-electron chi connectivity index (χ2n) is 5.55. The third-order valence-corrected chi connectivity index (χ3v) is 5.13. The summed E-state index contributed by atoms with van der Waals surface area (Å²) in [6.07, 6.45) is -7.72. The van der Waals surface area contributed by atoms with Crippen molar-refractivity contribution in [2.45, 2.75) is 17.4 Å². The molecule has 2 aromatic heterocycles. The Morgan fingerprint density at radius 2 is 1.93 bits per heavy atom. The molecule has 1 aromatic carbocycles. The summed E-state index contributed by atoms with van der Waals surface area (Å²) in [6, 6.07) is 2.57. The van der Waals surface area contributed by atoms with Gasteiger partial charge in [0.25, 0.3) is 5.88 Å². The standard InChI is InChI=1S/C14H8Cl2F6N4O3S/c15-7-2-1-6-9(4-23-10(6)11(7)28-5-13(17,18)19)30(27)25-8-3-24-26(12(8)29-16)14(20,21)22/h1-4,23,25H,5H2. The molecule has 0 radical (unpaired) electrons. The Balaban J connectivity index is 1.93. The molecule has 0 aliphatic heterocycles. The summed E-state index contributed by atoms with van der Waals surface area (Å²) in [7, 11) is -2.20. The van der Waals surface area contributed by atoms with Gasteiger partial charge in [0.1, 0.15) is 17.6 Å². The van der Waals surface area contributed by atoms with Crippen LogP contribution in [0.5, 0.6) is 11.6 Å². The number of nitrogens with one attached hydrogen (secondary N) is 2. The second kappa shape index (κ2) is 8.07. The largest absolute Gasteiger partial charge is 0.507 e. The topological polar surface area (TPSA) is 81.2 Å². The predicted octanol–water partition coefficient (Wildman–Crippen LogP) is 5.10. The van der Waals surface area contributed by atoms with Crippen LogP contribution in [0.25, 0.3) is 10.9 Å². The van der Waals surface area contributed by atoms with Crippen LogP contribution in [-0.4, -0.2) is 31.8 Å². The van der Waals surface area contributed by atoms with Crippen LogP contribution in [0, 0.1) is 0 Å². The van der Waals surface area contributed by atoms with Crippen LogP contribution in [0.4, 0.5) is 32.0 Å². The lowest BCUT2D eigenvalue weighted by atomic mass is 10.2. The molecule has 164 valence electrons. The lowest BCUT2D eigenvalue weighted by molar-refractivity contribution is -0.213. The van der Waals surface area contributed by atoms with E-state index in [1.807, 2.05) is 0 Å². The zero-order chi connectivity index (χ0) is 22.3. The maximum absolute atomic E-state index is 12.9. The first-order valence-electron chi connectivity index (χ1n) is 7.53. The third-order valence-electron chi connectivity index (χ3n) is 3.54. The fourth-order valence-corrected chi connectivity index (χ4v) is 3.73. The number of hydrogen-bond donors (Lipinski definition) is 2.